The van der Waals surface area contributed by atoms with Crippen LogP contribution in [0.25, 0.3) is 11.0 Å². The van der Waals surface area contributed by atoms with Crippen LogP contribution in [0.1, 0.15) is 13.8 Å². The Kier molecular flexibility index (Phi) is 2.35. The Hall–Kier alpha value is -1.58. The van der Waals surface area contributed by atoms with E-state index < -0.39 is 0 Å². The van der Waals surface area contributed by atoms with Crippen molar-refractivity contribution in [3.63, 3.8) is 0 Å². The Balaban J connectivity index is 2.42. The number of rotatable bonds is 3. The number of H-pyrrole nitrogens is 1. The normalized spacial score (nSPS) is 10.7. The fourth-order valence-electron chi connectivity index (χ4n) is 1.61. The van der Waals surface area contributed by atoms with E-state index in [-0.39, 0.29) is 0 Å². The second-order valence-corrected chi connectivity index (χ2v) is 3.17. The molecule has 2 aromatic rings. The molecule has 2 rings (SSSR count). The number of anilines is 1. The van der Waals surface area contributed by atoms with Crippen molar-refractivity contribution >= 4 is 16.7 Å². The molecule has 0 fully saturated rings. The van der Waals surface area contributed by atoms with Crippen molar-refractivity contribution in [2.24, 2.45) is 0 Å². The van der Waals surface area contributed by atoms with Crippen LogP contribution < -0.4 is 4.90 Å². The molecule has 0 aliphatic heterocycles. The zero-order chi connectivity index (χ0) is 9.97. The summed E-state index contributed by atoms with van der Waals surface area (Å²) in [6, 6.07) is 6.14. The van der Waals surface area contributed by atoms with Gasteiger partial charge in [-0.05, 0) is 32.0 Å². The van der Waals surface area contributed by atoms with E-state index in [1.165, 1.54) is 5.69 Å². The molecule has 0 amide bonds. The highest BCUT2D eigenvalue weighted by molar-refractivity contribution is 5.78. The summed E-state index contributed by atoms with van der Waals surface area (Å²) >= 11 is 0. The third kappa shape index (κ3) is 1.43. The second-order valence-electron chi connectivity index (χ2n) is 3.17. The number of benzene rings is 1. The Morgan fingerprint density at radius 1 is 1.14 bits per heavy atom. The first-order valence-corrected chi connectivity index (χ1v) is 4.90. The van der Waals surface area contributed by atoms with Crippen LogP contribution in [-0.4, -0.2) is 28.5 Å². The maximum Gasteiger partial charge on any atom is 0.115 e. The van der Waals surface area contributed by atoms with Crippen LogP contribution in [0.3, 0.4) is 0 Å². The second kappa shape index (κ2) is 3.65. The summed E-state index contributed by atoms with van der Waals surface area (Å²) in [7, 11) is 0. The summed E-state index contributed by atoms with van der Waals surface area (Å²) in [5.41, 5.74) is 3.05. The number of fused-ring (bicyclic) bond motifs is 1. The molecule has 4 heteroatoms. The SMILES string of the molecule is CCN(CC)c1ccc2n[nH]nc2c1. The molecule has 74 valence electrons. The van der Waals surface area contributed by atoms with E-state index in [9.17, 15) is 0 Å². The quantitative estimate of drug-likeness (QED) is 0.802. The van der Waals surface area contributed by atoms with Gasteiger partial charge < -0.3 is 4.90 Å². The van der Waals surface area contributed by atoms with Crippen LogP contribution >= 0.6 is 0 Å². The van der Waals surface area contributed by atoms with Gasteiger partial charge in [-0.25, -0.2) is 0 Å². The van der Waals surface area contributed by atoms with E-state index in [0.29, 0.717) is 0 Å². The van der Waals surface area contributed by atoms with Crippen molar-refractivity contribution in [2.45, 2.75) is 13.8 Å². The average Bonchev–Trinajstić information content (AvgIpc) is 2.66. The van der Waals surface area contributed by atoms with Crippen LogP contribution in [0, 0.1) is 0 Å². The van der Waals surface area contributed by atoms with Gasteiger partial charge in [0.15, 0.2) is 0 Å². The number of nitrogens with one attached hydrogen (secondary N) is 1. The molecular weight excluding hydrogens is 176 g/mol. The predicted molar refractivity (Wildman–Crippen MR) is 57.4 cm³/mol. The molecular formula is C10H14N4. The van der Waals surface area contributed by atoms with E-state index in [2.05, 4.69) is 46.3 Å². The van der Waals surface area contributed by atoms with Crippen molar-refractivity contribution in [1.82, 2.24) is 15.4 Å². The largest absolute Gasteiger partial charge is 0.372 e. The minimum atomic E-state index is 0.918. The molecule has 0 aliphatic rings. The summed E-state index contributed by atoms with van der Waals surface area (Å²) in [6.07, 6.45) is 0. The number of aromatic nitrogens is 3. The summed E-state index contributed by atoms with van der Waals surface area (Å²) in [6.45, 7) is 6.33. The lowest BCUT2D eigenvalue weighted by Crippen LogP contribution is -2.21. The van der Waals surface area contributed by atoms with Crippen molar-refractivity contribution in [2.75, 3.05) is 18.0 Å². The molecule has 0 saturated carbocycles. The molecule has 0 bridgehead atoms. The van der Waals surface area contributed by atoms with Gasteiger partial charge in [0.05, 0.1) is 0 Å². The molecule has 0 radical (unpaired) electrons. The maximum atomic E-state index is 4.07. The first kappa shape index (κ1) is 8.99. The number of aromatic amines is 1. The number of hydrogen-bond acceptors (Lipinski definition) is 3. The highest BCUT2D eigenvalue weighted by atomic mass is 15.3. The number of hydrogen-bond donors (Lipinski definition) is 1. The molecule has 0 spiro atoms. The molecule has 0 aliphatic carbocycles. The lowest BCUT2D eigenvalue weighted by molar-refractivity contribution is 0.867. The average molecular weight is 190 g/mol. The molecule has 4 nitrogen and oxygen atoms in total. The molecule has 1 heterocycles. The van der Waals surface area contributed by atoms with Crippen molar-refractivity contribution in [3.05, 3.63) is 18.2 Å². The standard InChI is InChI=1S/C10H14N4/c1-3-14(4-2)8-5-6-9-10(7-8)12-13-11-9/h5-7H,3-4H2,1-2H3,(H,11,12,13). The lowest BCUT2D eigenvalue weighted by Gasteiger charge is -2.20. The van der Waals surface area contributed by atoms with Gasteiger partial charge in [-0.15, -0.1) is 0 Å². The summed E-state index contributed by atoms with van der Waals surface area (Å²) < 4.78 is 0. The zero-order valence-electron chi connectivity index (χ0n) is 8.49. The highest BCUT2D eigenvalue weighted by Crippen LogP contribution is 2.18. The van der Waals surface area contributed by atoms with E-state index in [1.54, 1.807) is 0 Å². The minimum absolute atomic E-state index is 0.918. The van der Waals surface area contributed by atoms with E-state index >= 15 is 0 Å². The first-order valence-electron chi connectivity index (χ1n) is 4.90. The zero-order valence-corrected chi connectivity index (χ0v) is 8.49. The Bertz CT molecular complexity index is 417. The summed E-state index contributed by atoms with van der Waals surface area (Å²) in [5.74, 6) is 0. The van der Waals surface area contributed by atoms with Crippen LogP contribution in [0.5, 0.6) is 0 Å². The van der Waals surface area contributed by atoms with Gasteiger partial charge in [0.25, 0.3) is 0 Å². The predicted octanol–water partition coefficient (Wildman–Crippen LogP) is 1.80. The summed E-state index contributed by atoms with van der Waals surface area (Å²) in [5, 5.41) is 10.7. The van der Waals surface area contributed by atoms with Gasteiger partial charge in [0.2, 0.25) is 0 Å². The van der Waals surface area contributed by atoms with Crippen LogP contribution in [0.2, 0.25) is 0 Å². The van der Waals surface area contributed by atoms with Crippen molar-refractivity contribution in [3.8, 4) is 0 Å². The minimum Gasteiger partial charge on any atom is -0.372 e. The molecule has 0 saturated heterocycles. The van der Waals surface area contributed by atoms with Crippen molar-refractivity contribution in [1.29, 1.82) is 0 Å². The van der Waals surface area contributed by atoms with E-state index in [1.807, 2.05) is 6.07 Å². The van der Waals surface area contributed by atoms with Gasteiger partial charge in [0.1, 0.15) is 11.0 Å². The summed E-state index contributed by atoms with van der Waals surface area (Å²) in [4.78, 5) is 2.29. The maximum absolute atomic E-state index is 4.07. The number of nitrogens with zero attached hydrogens (tertiary/aromatic N) is 3. The topological polar surface area (TPSA) is 44.8 Å². The van der Waals surface area contributed by atoms with Crippen molar-refractivity contribution < 1.29 is 0 Å². The fraction of sp³-hybridized carbons (Fsp3) is 0.400. The third-order valence-electron chi connectivity index (χ3n) is 2.43. The molecule has 1 N–H and O–H groups in total. The van der Waals surface area contributed by atoms with E-state index in [0.717, 1.165) is 24.1 Å². The van der Waals surface area contributed by atoms with Gasteiger partial charge in [-0.1, -0.05) is 0 Å². The molecule has 1 aromatic heterocycles. The highest BCUT2D eigenvalue weighted by Gasteiger charge is 2.04. The van der Waals surface area contributed by atoms with Crippen LogP contribution in [0.4, 0.5) is 5.69 Å². The van der Waals surface area contributed by atoms with Gasteiger partial charge >= 0.3 is 0 Å². The first-order chi connectivity index (χ1) is 6.85. The van der Waals surface area contributed by atoms with E-state index in [4.69, 9.17) is 0 Å². The Labute approximate surface area is 82.9 Å². The monoisotopic (exact) mass is 190 g/mol. The fourth-order valence-corrected chi connectivity index (χ4v) is 1.61. The lowest BCUT2D eigenvalue weighted by atomic mass is 10.2. The molecule has 0 atom stereocenters. The van der Waals surface area contributed by atoms with Crippen LogP contribution in [0.15, 0.2) is 18.2 Å². The smallest absolute Gasteiger partial charge is 0.115 e. The third-order valence-corrected chi connectivity index (χ3v) is 2.43. The molecule has 1 aromatic carbocycles. The van der Waals surface area contributed by atoms with Gasteiger partial charge in [-0.2, -0.15) is 15.4 Å². The van der Waals surface area contributed by atoms with Gasteiger partial charge in [0, 0.05) is 18.8 Å². The molecule has 0 unspecified atom stereocenters. The van der Waals surface area contributed by atoms with Crippen LogP contribution in [-0.2, 0) is 0 Å². The Morgan fingerprint density at radius 3 is 2.57 bits per heavy atom. The Morgan fingerprint density at radius 2 is 1.86 bits per heavy atom. The van der Waals surface area contributed by atoms with Gasteiger partial charge in [-0.3, -0.25) is 0 Å². The molecule has 14 heavy (non-hydrogen) atoms.